The maximum atomic E-state index is 6.08. The standard InChI is InChI=1S/C17H22ClN3/c1-4-19-12-14-8-9-20-17(10-14)21(3)13(2)15-6-5-7-16(18)11-15/h5-11,13,19H,4,12H2,1-3H3. The molecule has 1 aromatic heterocycles. The van der Waals surface area contributed by atoms with Gasteiger partial charge in [0.25, 0.3) is 0 Å². The Morgan fingerprint density at radius 1 is 1.29 bits per heavy atom. The first-order valence-electron chi connectivity index (χ1n) is 7.25. The Hall–Kier alpha value is -1.58. The third kappa shape index (κ3) is 4.19. The summed E-state index contributed by atoms with van der Waals surface area (Å²) in [6, 6.07) is 12.4. The van der Waals surface area contributed by atoms with Gasteiger partial charge in [-0.05, 0) is 48.9 Å². The Balaban J connectivity index is 2.17. The smallest absolute Gasteiger partial charge is 0.129 e. The number of hydrogen-bond acceptors (Lipinski definition) is 3. The van der Waals surface area contributed by atoms with Crippen LogP contribution in [0.3, 0.4) is 0 Å². The van der Waals surface area contributed by atoms with E-state index >= 15 is 0 Å². The monoisotopic (exact) mass is 303 g/mol. The summed E-state index contributed by atoms with van der Waals surface area (Å²) in [5.41, 5.74) is 2.43. The van der Waals surface area contributed by atoms with Crippen LogP contribution in [0.25, 0.3) is 0 Å². The quantitative estimate of drug-likeness (QED) is 0.873. The third-order valence-corrected chi connectivity index (χ3v) is 3.90. The van der Waals surface area contributed by atoms with Crippen LogP contribution in [0.1, 0.15) is 31.0 Å². The number of aromatic nitrogens is 1. The second kappa shape index (κ2) is 7.43. The van der Waals surface area contributed by atoms with E-state index in [1.807, 2.05) is 30.5 Å². The predicted octanol–water partition coefficient (Wildman–Crippen LogP) is 4.04. The molecule has 0 bridgehead atoms. The van der Waals surface area contributed by atoms with Gasteiger partial charge in [0.1, 0.15) is 5.82 Å². The molecule has 1 N–H and O–H groups in total. The van der Waals surface area contributed by atoms with Crippen LogP contribution in [0, 0.1) is 0 Å². The van der Waals surface area contributed by atoms with Crippen LogP contribution in [0.4, 0.5) is 5.82 Å². The molecule has 0 radical (unpaired) electrons. The maximum absolute atomic E-state index is 6.08. The highest BCUT2D eigenvalue weighted by molar-refractivity contribution is 6.30. The van der Waals surface area contributed by atoms with Crippen LogP contribution >= 0.6 is 11.6 Å². The summed E-state index contributed by atoms with van der Waals surface area (Å²) in [7, 11) is 2.06. The van der Waals surface area contributed by atoms with Crippen molar-refractivity contribution in [2.45, 2.75) is 26.4 Å². The van der Waals surface area contributed by atoms with Gasteiger partial charge in [0.2, 0.25) is 0 Å². The maximum Gasteiger partial charge on any atom is 0.129 e. The van der Waals surface area contributed by atoms with Crippen molar-refractivity contribution in [1.29, 1.82) is 0 Å². The summed E-state index contributed by atoms with van der Waals surface area (Å²) in [6.07, 6.45) is 1.86. The van der Waals surface area contributed by atoms with Crippen LogP contribution in [0.2, 0.25) is 5.02 Å². The van der Waals surface area contributed by atoms with Gasteiger partial charge in [-0.15, -0.1) is 0 Å². The summed E-state index contributed by atoms with van der Waals surface area (Å²) in [4.78, 5) is 6.65. The lowest BCUT2D eigenvalue weighted by Crippen LogP contribution is -2.23. The van der Waals surface area contributed by atoms with Crippen molar-refractivity contribution < 1.29 is 0 Å². The number of hydrogen-bond donors (Lipinski definition) is 1. The Labute approximate surface area is 132 Å². The molecule has 1 atom stereocenters. The Kier molecular flexibility index (Phi) is 5.59. The van der Waals surface area contributed by atoms with Gasteiger partial charge in [0.15, 0.2) is 0 Å². The van der Waals surface area contributed by atoms with E-state index in [1.165, 1.54) is 11.1 Å². The highest BCUT2D eigenvalue weighted by Gasteiger charge is 2.14. The van der Waals surface area contributed by atoms with Crippen molar-refractivity contribution in [1.82, 2.24) is 10.3 Å². The molecule has 0 aliphatic heterocycles. The average Bonchev–Trinajstić information content (AvgIpc) is 2.51. The second-order valence-corrected chi connectivity index (χ2v) is 5.58. The van der Waals surface area contributed by atoms with Crippen molar-refractivity contribution >= 4 is 17.4 Å². The molecule has 0 amide bonds. The molecule has 1 unspecified atom stereocenters. The van der Waals surface area contributed by atoms with Crippen molar-refractivity contribution in [3.05, 3.63) is 58.7 Å². The van der Waals surface area contributed by atoms with Gasteiger partial charge < -0.3 is 10.2 Å². The highest BCUT2D eigenvalue weighted by atomic mass is 35.5. The van der Waals surface area contributed by atoms with E-state index in [0.29, 0.717) is 0 Å². The Morgan fingerprint density at radius 3 is 2.81 bits per heavy atom. The Bertz CT molecular complexity index is 586. The van der Waals surface area contributed by atoms with E-state index < -0.39 is 0 Å². The lowest BCUT2D eigenvalue weighted by molar-refractivity contribution is 0.713. The number of halogens is 1. The van der Waals surface area contributed by atoms with Crippen molar-refractivity contribution in [2.75, 3.05) is 18.5 Å². The normalized spacial score (nSPS) is 12.2. The number of rotatable bonds is 6. The molecule has 0 saturated carbocycles. The first kappa shape index (κ1) is 15.8. The zero-order valence-corrected chi connectivity index (χ0v) is 13.6. The topological polar surface area (TPSA) is 28.2 Å². The minimum atomic E-state index is 0.214. The minimum Gasteiger partial charge on any atom is -0.353 e. The minimum absolute atomic E-state index is 0.214. The number of anilines is 1. The van der Waals surface area contributed by atoms with Gasteiger partial charge in [-0.1, -0.05) is 30.7 Å². The summed E-state index contributed by atoms with van der Waals surface area (Å²) in [5.74, 6) is 0.970. The first-order valence-corrected chi connectivity index (χ1v) is 7.63. The zero-order chi connectivity index (χ0) is 15.2. The molecular weight excluding hydrogens is 282 g/mol. The van der Waals surface area contributed by atoms with Crippen LogP contribution in [-0.4, -0.2) is 18.6 Å². The van der Waals surface area contributed by atoms with Gasteiger partial charge in [0.05, 0.1) is 6.04 Å². The third-order valence-electron chi connectivity index (χ3n) is 3.66. The molecule has 0 spiro atoms. The number of nitrogens with zero attached hydrogens (tertiary/aromatic N) is 2. The molecule has 4 heteroatoms. The fourth-order valence-corrected chi connectivity index (χ4v) is 2.42. The van der Waals surface area contributed by atoms with Crippen molar-refractivity contribution in [2.24, 2.45) is 0 Å². The van der Waals surface area contributed by atoms with E-state index in [0.717, 1.165) is 23.9 Å². The van der Waals surface area contributed by atoms with E-state index in [2.05, 4.69) is 48.2 Å². The number of pyridine rings is 1. The molecule has 0 saturated heterocycles. The molecule has 112 valence electrons. The van der Waals surface area contributed by atoms with Crippen LogP contribution in [0.5, 0.6) is 0 Å². The van der Waals surface area contributed by atoms with Crippen molar-refractivity contribution in [3.8, 4) is 0 Å². The summed E-state index contributed by atoms with van der Waals surface area (Å²) < 4.78 is 0. The summed E-state index contributed by atoms with van der Waals surface area (Å²) in [6.45, 7) is 6.09. The van der Waals surface area contributed by atoms with Gasteiger partial charge in [-0.25, -0.2) is 4.98 Å². The van der Waals surface area contributed by atoms with Crippen molar-refractivity contribution in [3.63, 3.8) is 0 Å². The van der Waals surface area contributed by atoms with Gasteiger partial charge in [-0.2, -0.15) is 0 Å². The van der Waals surface area contributed by atoms with E-state index in [-0.39, 0.29) is 6.04 Å². The molecular formula is C17H22ClN3. The van der Waals surface area contributed by atoms with E-state index in [1.54, 1.807) is 0 Å². The summed E-state index contributed by atoms with van der Waals surface area (Å²) >= 11 is 6.08. The van der Waals surface area contributed by atoms with Crippen LogP contribution in [-0.2, 0) is 6.54 Å². The van der Waals surface area contributed by atoms with E-state index in [9.17, 15) is 0 Å². The molecule has 21 heavy (non-hydrogen) atoms. The van der Waals surface area contributed by atoms with Crippen LogP contribution < -0.4 is 10.2 Å². The van der Waals surface area contributed by atoms with Gasteiger partial charge >= 0.3 is 0 Å². The molecule has 1 aromatic carbocycles. The molecule has 0 fully saturated rings. The summed E-state index contributed by atoms with van der Waals surface area (Å²) in [5, 5.41) is 4.10. The number of nitrogens with one attached hydrogen (secondary N) is 1. The SMILES string of the molecule is CCNCc1ccnc(N(C)C(C)c2cccc(Cl)c2)c1. The highest BCUT2D eigenvalue weighted by Crippen LogP contribution is 2.25. The van der Waals surface area contributed by atoms with Gasteiger partial charge in [-0.3, -0.25) is 0 Å². The van der Waals surface area contributed by atoms with E-state index in [4.69, 9.17) is 11.6 Å². The van der Waals surface area contributed by atoms with Crippen LogP contribution in [0.15, 0.2) is 42.6 Å². The largest absolute Gasteiger partial charge is 0.353 e. The molecule has 2 rings (SSSR count). The molecule has 0 aliphatic rings. The predicted molar refractivity (Wildman–Crippen MR) is 89.9 cm³/mol. The fraction of sp³-hybridized carbons (Fsp3) is 0.353. The molecule has 2 aromatic rings. The molecule has 1 heterocycles. The molecule has 0 aliphatic carbocycles. The second-order valence-electron chi connectivity index (χ2n) is 5.14. The lowest BCUT2D eigenvalue weighted by atomic mass is 10.1. The molecule has 3 nitrogen and oxygen atoms in total. The first-order chi connectivity index (χ1) is 10.1. The Morgan fingerprint density at radius 2 is 2.10 bits per heavy atom. The fourth-order valence-electron chi connectivity index (χ4n) is 2.22. The zero-order valence-electron chi connectivity index (χ0n) is 12.8. The average molecular weight is 304 g/mol. The lowest BCUT2D eigenvalue weighted by Gasteiger charge is -2.27. The van der Waals surface area contributed by atoms with Gasteiger partial charge in [0, 0.05) is 24.8 Å². The number of benzene rings is 1.